The van der Waals surface area contributed by atoms with E-state index in [-0.39, 0.29) is 24.1 Å². The summed E-state index contributed by atoms with van der Waals surface area (Å²) in [5, 5.41) is 9.83. The first-order chi connectivity index (χ1) is 7.60. The zero-order chi connectivity index (χ0) is 12.1. The number of benzene rings is 1. The van der Waals surface area contributed by atoms with Crippen LogP contribution >= 0.6 is 0 Å². The van der Waals surface area contributed by atoms with Crippen LogP contribution < -0.4 is 0 Å². The molecule has 0 aliphatic carbocycles. The molecule has 1 N–H and O–H groups in total. The molecule has 1 atom stereocenters. The topological polar surface area (TPSA) is 46.5 Å². The lowest BCUT2D eigenvalue weighted by Crippen LogP contribution is -2.08. The molecular weight excluding hydrogens is 204 g/mol. The van der Waals surface area contributed by atoms with Gasteiger partial charge in [0.2, 0.25) is 0 Å². The van der Waals surface area contributed by atoms with Crippen LogP contribution in [0.4, 0.5) is 0 Å². The highest BCUT2D eigenvalue weighted by atomic mass is 16.5. The maximum absolute atomic E-state index is 11.3. The van der Waals surface area contributed by atoms with Gasteiger partial charge in [0.25, 0.3) is 0 Å². The fraction of sp³-hybridized carbons (Fsp3) is 0.462. The molecule has 1 aromatic rings. The number of carbonyl (C=O) groups is 1. The van der Waals surface area contributed by atoms with Crippen molar-refractivity contribution in [3.8, 4) is 5.75 Å². The molecule has 0 aromatic heterocycles. The van der Waals surface area contributed by atoms with Gasteiger partial charge in [0.15, 0.2) is 0 Å². The maximum atomic E-state index is 11.3. The Hall–Kier alpha value is -1.51. The van der Waals surface area contributed by atoms with Crippen molar-refractivity contribution in [1.82, 2.24) is 0 Å². The van der Waals surface area contributed by atoms with Gasteiger partial charge in [0, 0.05) is 5.56 Å². The van der Waals surface area contributed by atoms with E-state index >= 15 is 0 Å². The Balaban J connectivity index is 3.07. The molecule has 1 unspecified atom stereocenters. The summed E-state index contributed by atoms with van der Waals surface area (Å²) in [6.45, 7) is 4.09. The van der Waals surface area contributed by atoms with Gasteiger partial charge in [-0.05, 0) is 24.0 Å². The van der Waals surface area contributed by atoms with Crippen molar-refractivity contribution in [2.45, 2.75) is 32.6 Å². The molecule has 3 nitrogen and oxygen atoms in total. The molecule has 3 heteroatoms. The monoisotopic (exact) mass is 222 g/mol. The zero-order valence-corrected chi connectivity index (χ0v) is 9.99. The Morgan fingerprint density at radius 1 is 1.50 bits per heavy atom. The van der Waals surface area contributed by atoms with Crippen LogP contribution in [-0.4, -0.2) is 18.2 Å². The predicted octanol–water partition coefficient (Wildman–Crippen LogP) is 2.62. The van der Waals surface area contributed by atoms with Crippen LogP contribution in [0.15, 0.2) is 18.2 Å². The third-order valence-corrected chi connectivity index (χ3v) is 2.84. The van der Waals surface area contributed by atoms with Crippen LogP contribution in [0, 0.1) is 0 Å². The van der Waals surface area contributed by atoms with Crippen LogP contribution in [-0.2, 0) is 16.0 Å². The van der Waals surface area contributed by atoms with Crippen LogP contribution in [0.2, 0.25) is 0 Å². The molecule has 16 heavy (non-hydrogen) atoms. The van der Waals surface area contributed by atoms with Crippen molar-refractivity contribution in [2.75, 3.05) is 7.11 Å². The Kier molecular flexibility index (Phi) is 4.35. The number of rotatable bonds is 4. The van der Waals surface area contributed by atoms with Gasteiger partial charge in [-0.3, -0.25) is 4.79 Å². The summed E-state index contributed by atoms with van der Waals surface area (Å²) in [6.07, 6.45) is 1.14. The third kappa shape index (κ3) is 2.75. The average Bonchev–Trinajstić information content (AvgIpc) is 2.28. The maximum Gasteiger partial charge on any atom is 0.309 e. The smallest absolute Gasteiger partial charge is 0.309 e. The molecule has 0 aliphatic rings. The highest BCUT2D eigenvalue weighted by Gasteiger charge is 2.15. The van der Waals surface area contributed by atoms with Crippen molar-refractivity contribution in [3.63, 3.8) is 0 Å². The third-order valence-electron chi connectivity index (χ3n) is 2.84. The molecule has 0 radical (unpaired) electrons. The van der Waals surface area contributed by atoms with Crippen molar-refractivity contribution in [2.24, 2.45) is 0 Å². The van der Waals surface area contributed by atoms with E-state index in [1.165, 1.54) is 7.11 Å². The van der Waals surface area contributed by atoms with Gasteiger partial charge in [-0.2, -0.15) is 0 Å². The van der Waals surface area contributed by atoms with E-state index in [4.69, 9.17) is 0 Å². The molecule has 0 aliphatic heterocycles. The number of carbonyl (C=O) groups excluding carboxylic acids is 1. The summed E-state index contributed by atoms with van der Waals surface area (Å²) in [4.78, 5) is 11.3. The van der Waals surface area contributed by atoms with Gasteiger partial charge < -0.3 is 9.84 Å². The fourth-order valence-corrected chi connectivity index (χ4v) is 1.75. The van der Waals surface area contributed by atoms with E-state index in [9.17, 15) is 9.90 Å². The first-order valence-electron chi connectivity index (χ1n) is 5.47. The van der Waals surface area contributed by atoms with Crippen LogP contribution in [0.3, 0.4) is 0 Å². The zero-order valence-electron chi connectivity index (χ0n) is 9.99. The highest BCUT2D eigenvalue weighted by molar-refractivity contribution is 5.73. The van der Waals surface area contributed by atoms with Gasteiger partial charge in [0.1, 0.15) is 5.75 Å². The first-order valence-corrected chi connectivity index (χ1v) is 5.47. The summed E-state index contributed by atoms with van der Waals surface area (Å²) in [6, 6.07) is 5.26. The van der Waals surface area contributed by atoms with Gasteiger partial charge >= 0.3 is 5.97 Å². The Morgan fingerprint density at radius 2 is 2.19 bits per heavy atom. The molecule has 0 amide bonds. The second-order valence-electron chi connectivity index (χ2n) is 3.91. The molecule has 0 fully saturated rings. The number of ether oxygens (including phenoxy) is 1. The van der Waals surface area contributed by atoms with E-state index in [2.05, 4.69) is 11.7 Å². The van der Waals surface area contributed by atoms with Crippen LogP contribution in [0.5, 0.6) is 5.75 Å². The summed E-state index contributed by atoms with van der Waals surface area (Å²) < 4.78 is 4.64. The number of esters is 1. The minimum Gasteiger partial charge on any atom is -0.508 e. The fourth-order valence-electron chi connectivity index (χ4n) is 1.75. The minimum atomic E-state index is -0.282. The Bertz CT molecular complexity index is 371. The minimum absolute atomic E-state index is 0.213. The molecule has 0 heterocycles. The molecule has 0 spiro atoms. The SMILES string of the molecule is CCC(C)c1c(O)cccc1CC(=O)OC. The summed E-state index contributed by atoms with van der Waals surface area (Å²) in [7, 11) is 1.37. The van der Waals surface area contributed by atoms with Gasteiger partial charge in [-0.15, -0.1) is 0 Å². The highest BCUT2D eigenvalue weighted by Crippen LogP contribution is 2.31. The van der Waals surface area contributed by atoms with Crippen LogP contribution in [0.1, 0.15) is 37.3 Å². The number of phenols is 1. The molecule has 0 saturated carbocycles. The van der Waals surface area contributed by atoms with Crippen molar-refractivity contribution in [3.05, 3.63) is 29.3 Å². The van der Waals surface area contributed by atoms with E-state index in [0.717, 1.165) is 17.5 Å². The van der Waals surface area contributed by atoms with E-state index in [1.807, 2.05) is 13.0 Å². The predicted molar refractivity (Wildman–Crippen MR) is 62.5 cm³/mol. The normalized spacial score (nSPS) is 12.2. The summed E-state index contributed by atoms with van der Waals surface area (Å²) in [5.74, 6) is 0.215. The Labute approximate surface area is 96.1 Å². The molecular formula is C13H18O3. The lowest BCUT2D eigenvalue weighted by atomic mass is 9.91. The number of methoxy groups -OCH3 is 1. The lowest BCUT2D eigenvalue weighted by molar-refractivity contribution is -0.139. The Morgan fingerprint density at radius 3 is 2.75 bits per heavy atom. The molecule has 1 aromatic carbocycles. The quantitative estimate of drug-likeness (QED) is 0.796. The molecule has 88 valence electrons. The summed E-state index contributed by atoms with van der Waals surface area (Å²) >= 11 is 0. The van der Waals surface area contributed by atoms with Crippen LogP contribution in [0.25, 0.3) is 0 Å². The van der Waals surface area contributed by atoms with Gasteiger partial charge in [-0.1, -0.05) is 26.0 Å². The average molecular weight is 222 g/mol. The van der Waals surface area contributed by atoms with Crippen molar-refractivity contribution in [1.29, 1.82) is 0 Å². The molecule has 0 saturated heterocycles. The number of hydrogen-bond donors (Lipinski definition) is 1. The number of phenolic OH excluding ortho intramolecular Hbond substituents is 1. The summed E-state index contributed by atoms with van der Waals surface area (Å²) in [5.41, 5.74) is 1.71. The van der Waals surface area contributed by atoms with E-state index in [0.29, 0.717) is 0 Å². The van der Waals surface area contributed by atoms with Gasteiger partial charge in [-0.25, -0.2) is 0 Å². The van der Waals surface area contributed by atoms with Gasteiger partial charge in [0.05, 0.1) is 13.5 Å². The molecule has 1 rings (SSSR count). The number of hydrogen-bond acceptors (Lipinski definition) is 3. The van der Waals surface area contributed by atoms with E-state index in [1.54, 1.807) is 12.1 Å². The van der Waals surface area contributed by atoms with Crippen molar-refractivity contribution >= 4 is 5.97 Å². The number of aromatic hydroxyl groups is 1. The first kappa shape index (κ1) is 12.6. The molecule has 0 bridgehead atoms. The largest absolute Gasteiger partial charge is 0.508 e. The van der Waals surface area contributed by atoms with E-state index < -0.39 is 0 Å². The second-order valence-corrected chi connectivity index (χ2v) is 3.91. The lowest BCUT2D eigenvalue weighted by Gasteiger charge is -2.15. The standard InChI is InChI=1S/C13H18O3/c1-4-9(2)13-10(8-12(15)16-3)6-5-7-11(13)14/h5-7,9,14H,4,8H2,1-3H3. The second kappa shape index (κ2) is 5.54. The van der Waals surface area contributed by atoms with Crippen molar-refractivity contribution < 1.29 is 14.6 Å².